The molecule has 0 aromatic heterocycles. The van der Waals surface area contributed by atoms with Crippen LogP contribution in [0.25, 0.3) is 0 Å². The number of rotatable bonds is 8. The number of hydrogen-bond acceptors (Lipinski definition) is 3. The normalized spacial score (nSPS) is 12.3. The Kier molecular flexibility index (Phi) is 6.32. The van der Waals surface area contributed by atoms with E-state index in [9.17, 15) is 13.2 Å². The van der Waals surface area contributed by atoms with Crippen LogP contribution in [0.15, 0.2) is 30.3 Å². The van der Waals surface area contributed by atoms with E-state index in [1.807, 2.05) is 44.2 Å². The summed E-state index contributed by atoms with van der Waals surface area (Å²) in [4.78, 5) is 10.9. The first-order valence-electron chi connectivity index (χ1n) is 6.70. The Labute approximate surface area is 126 Å². The highest BCUT2D eigenvalue weighted by atomic mass is 32.2. The zero-order valence-corrected chi connectivity index (χ0v) is 13.4. The van der Waals surface area contributed by atoms with Crippen molar-refractivity contribution in [2.45, 2.75) is 20.4 Å². The molecule has 1 aromatic carbocycles. The summed E-state index contributed by atoms with van der Waals surface area (Å²) in [7, 11) is -2.35. The van der Waals surface area contributed by atoms with Crippen LogP contribution in [-0.4, -0.2) is 48.2 Å². The Morgan fingerprint density at radius 2 is 1.81 bits per heavy atom. The molecule has 0 saturated carbocycles. The van der Waals surface area contributed by atoms with Crippen LogP contribution in [0.3, 0.4) is 0 Å². The Balaban J connectivity index is 2.90. The molecule has 0 saturated heterocycles. The van der Waals surface area contributed by atoms with Gasteiger partial charge in [-0.1, -0.05) is 44.2 Å². The second-order valence-corrected chi connectivity index (χ2v) is 7.36. The fourth-order valence-corrected chi connectivity index (χ4v) is 3.38. The molecule has 0 aliphatic carbocycles. The number of hydrogen-bond donors (Lipinski definition) is 1. The van der Waals surface area contributed by atoms with E-state index in [1.54, 1.807) is 0 Å². The summed E-state index contributed by atoms with van der Waals surface area (Å²) < 4.78 is 27.2. The highest BCUT2D eigenvalue weighted by molar-refractivity contribution is 7.86. The number of aliphatic carboxylic acids is 1. The monoisotopic (exact) mass is 314 g/mol. The molecule has 0 heterocycles. The zero-order valence-electron chi connectivity index (χ0n) is 12.6. The van der Waals surface area contributed by atoms with Crippen LogP contribution in [-0.2, 0) is 21.5 Å². The summed E-state index contributed by atoms with van der Waals surface area (Å²) in [6, 6.07) is 9.18. The van der Waals surface area contributed by atoms with E-state index in [4.69, 9.17) is 5.11 Å². The van der Waals surface area contributed by atoms with Gasteiger partial charge in [-0.05, 0) is 11.5 Å². The van der Waals surface area contributed by atoms with Gasteiger partial charge in [0.25, 0.3) is 10.2 Å². The number of carboxylic acid groups (broad SMARTS) is 1. The fourth-order valence-electron chi connectivity index (χ4n) is 1.92. The molecule has 1 aromatic rings. The van der Waals surface area contributed by atoms with E-state index in [-0.39, 0.29) is 19.0 Å². The molecule has 0 amide bonds. The molecule has 7 heteroatoms. The first-order chi connectivity index (χ1) is 9.73. The SMILES string of the molecule is CC(C)CN(CC(=O)O)S(=O)(=O)N(C)Cc1ccccc1. The van der Waals surface area contributed by atoms with Crippen molar-refractivity contribution in [2.24, 2.45) is 5.92 Å². The van der Waals surface area contributed by atoms with Gasteiger partial charge in [0.2, 0.25) is 0 Å². The summed E-state index contributed by atoms with van der Waals surface area (Å²) in [6.45, 7) is 3.55. The lowest BCUT2D eigenvalue weighted by Crippen LogP contribution is -2.45. The standard InChI is InChI=1S/C14H22N2O4S/c1-12(2)9-16(11-14(17)18)21(19,20)15(3)10-13-7-5-4-6-8-13/h4-8,12H,9-11H2,1-3H3,(H,17,18). The van der Waals surface area contributed by atoms with E-state index < -0.39 is 22.7 Å². The molecule has 0 unspecified atom stereocenters. The summed E-state index contributed by atoms with van der Waals surface area (Å²) in [5, 5.41) is 8.91. The predicted octanol–water partition coefficient (Wildman–Crippen LogP) is 1.41. The molecule has 0 aliphatic rings. The molecule has 1 rings (SSSR count). The van der Waals surface area contributed by atoms with Crippen LogP contribution < -0.4 is 0 Å². The molecule has 118 valence electrons. The maximum Gasteiger partial charge on any atom is 0.318 e. The Morgan fingerprint density at radius 3 is 2.29 bits per heavy atom. The molecule has 6 nitrogen and oxygen atoms in total. The van der Waals surface area contributed by atoms with Gasteiger partial charge >= 0.3 is 5.97 Å². The van der Waals surface area contributed by atoms with Crippen molar-refractivity contribution >= 4 is 16.2 Å². The van der Waals surface area contributed by atoms with Gasteiger partial charge in [0.1, 0.15) is 6.54 Å². The highest BCUT2D eigenvalue weighted by Crippen LogP contribution is 2.13. The third kappa shape index (κ3) is 5.45. The zero-order chi connectivity index (χ0) is 16.0. The van der Waals surface area contributed by atoms with E-state index in [1.165, 1.54) is 11.4 Å². The Bertz CT molecular complexity index is 558. The van der Waals surface area contributed by atoms with Crippen LogP contribution in [0, 0.1) is 5.92 Å². The van der Waals surface area contributed by atoms with Crippen LogP contribution in [0.5, 0.6) is 0 Å². The lowest BCUT2D eigenvalue weighted by molar-refractivity contribution is -0.137. The van der Waals surface area contributed by atoms with Gasteiger partial charge in [-0.15, -0.1) is 0 Å². The summed E-state index contributed by atoms with van der Waals surface area (Å²) >= 11 is 0. The minimum atomic E-state index is -3.80. The van der Waals surface area contributed by atoms with Crippen molar-refractivity contribution in [3.05, 3.63) is 35.9 Å². The smallest absolute Gasteiger partial charge is 0.318 e. The minimum absolute atomic E-state index is 0.0456. The molecule has 21 heavy (non-hydrogen) atoms. The molecular formula is C14H22N2O4S. The second-order valence-electron chi connectivity index (χ2n) is 5.33. The predicted molar refractivity (Wildman–Crippen MR) is 80.9 cm³/mol. The van der Waals surface area contributed by atoms with Gasteiger partial charge in [-0.3, -0.25) is 4.79 Å². The molecule has 1 N–H and O–H groups in total. The third-order valence-electron chi connectivity index (χ3n) is 2.85. The maximum atomic E-state index is 12.5. The molecule has 0 atom stereocenters. The largest absolute Gasteiger partial charge is 0.480 e. The van der Waals surface area contributed by atoms with Crippen molar-refractivity contribution in [3.63, 3.8) is 0 Å². The second kappa shape index (κ2) is 7.53. The molecule has 0 radical (unpaired) electrons. The number of carboxylic acids is 1. The lowest BCUT2D eigenvalue weighted by Gasteiger charge is -2.27. The van der Waals surface area contributed by atoms with Crippen molar-refractivity contribution in [1.29, 1.82) is 0 Å². The average molecular weight is 314 g/mol. The molecule has 0 aliphatic heterocycles. The van der Waals surface area contributed by atoms with Crippen LogP contribution in [0.4, 0.5) is 0 Å². The van der Waals surface area contributed by atoms with E-state index in [2.05, 4.69) is 0 Å². The van der Waals surface area contributed by atoms with Gasteiger partial charge in [0.15, 0.2) is 0 Å². The Hall–Kier alpha value is -1.44. The third-order valence-corrected chi connectivity index (χ3v) is 4.70. The van der Waals surface area contributed by atoms with Gasteiger partial charge in [0, 0.05) is 20.1 Å². The molecule has 0 spiro atoms. The fraction of sp³-hybridized carbons (Fsp3) is 0.500. The average Bonchev–Trinajstić information content (AvgIpc) is 2.38. The van der Waals surface area contributed by atoms with Gasteiger partial charge < -0.3 is 5.11 Å². The topological polar surface area (TPSA) is 77.9 Å². The van der Waals surface area contributed by atoms with E-state index in [0.29, 0.717) is 0 Å². The van der Waals surface area contributed by atoms with Crippen LogP contribution >= 0.6 is 0 Å². The van der Waals surface area contributed by atoms with Gasteiger partial charge in [-0.2, -0.15) is 17.0 Å². The molecular weight excluding hydrogens is 292 g/mol. The summed E-state index contributed by atoms with van der Waals surface area (Å²) in [6.07, 6.45) is 0. The van der Waals surface area contributed by atoms with Gasteiger partial charge in [0.05, 0.1) is 0 Å². The van der Waals surface area contributed by atoms with E-state index >= 15 is 0 Å². The number of carbonyl (C=O) groups is 1. The quantitative estimate of drug-likeness (QED) is 0.787. The summed E-state index contributed by atoms with van der Waals surface area (Å²) in [5.41, 5.74) is 0.850. The van der Waals surface area contributed by atoms with Crippen LogP contribution in [0.2, 0.25) is 0 Å². The van der Waals surface area contributed by atoms with Crippen LogP contribution in [0.1, 0.15) is 19.4 Å². The van der Waals surface area contributed by atoms with E-state index in [0.717, 1.165) is 9.87 Å². The van der Waals surface area contributed by atoms with Gasteiger partial charge in [-0.25, -0.2) is 0 Å². The van der Waals surface area contributed by atoms with Crippen molar-refractivity contribution in [3.8, 4) is 0 Å². The minimum Gasteiger partial charge on any atom is -0.480 e. The van der Waals surface area contributed by atoms with Crippen molar-refractivity contribution in [2.75, 3.05) is 20.1 Å². The molecule has 0 bridgehead atoms. The highest BCUT2D eigenvalue weighted by Gasteiger charge is 2.29. The lowest BCUT2D eigenvalue weighted by atomic mass is 10.2. The number of benzene rings is 1. The number of nitrogens with zero attached hydrogens (tertiary/aromatic N) is 2. The molecule has 0 fully saturated rings. The summed E-state index contributed by atoms with van der Waals surface area (Å²) in [5.74, 6) is -1.11. The first-order valence-corrected chi connectivity index (χ1v) is 8.10. The first kappa shape index (κ1) is 17.6. The van der Waals surface area contributed by atoms with Crippen molar-refractivity contribution in [1.82, 2.24) is 8.61 Å². The maximum absolute atomic E-state index is 12.5. The Morgan fingerprint density at radius 1 is 1.24 bits per heavy atom. The van der Waals surface area contributed by atoms with Crippen molar-refractivity contribution < 1.29 is 18.3 Å².